The van der Waals surface area contributed by atoms with Gasteiger partial charge in [0.1, 0.15) is 4.70 Å². The quantitative estimate of drug-likeness (QED) is 0.472. The molecule has 10 heteroatoms. The number of carbonyl (C=O) groups excluding carboxylic acids is 2. The third kappa shape index (κ3) is 4.66. The smallest absolute Gasteiger partial charge is 0.273 e. The number of aryl methyl sites for hydroxylation is 1. The van der Waals surface area contributed by atoms with Crippen LogP contribution >= 0.6 is 11.3 Å². The molecule has 0 bridgehead atoms. The first-order chi connectivity index (χ1) is 14.1. The first kappa shape index (κ1) is 21.9. The standard InChI is InChI=1S/C20H25N5O4S/c1-11-5-7-12(8-6-11)17(28)23-19-22-16-15(30-19)14(24-25(16)20(2,3)4)18(29)21-9-13(27)10-26/h5-8,13,26-27H,9-10H2,1-4H3,(H,21,29)(H,22,23,28)/t13-/m0/s1. The van der Waals surface area contributed by atoms with Gasteiger partial charge in [-0.2, -0.15) is 10.1 Å². The topological polar surface area (TPSA) is 129 Å². The number of hydrogen-bond donors (Lipinski definition) is 4. The molecule has 0 saturated carbocycles. The molecule has 0 aliphatic heterocycles. The molecule has 1 aromatic carbocycles. The lowest BCUT2D eigenvalue weighted by atomic mass is 10.1. The van der Waals surface area contributed by atoms with Crippen LogP contribution in [0.25, 0.3) is 10.3 Å². The Morgan fingerprint density at radius 3 is 2.47 bits per heavy atom. The van der Waals surface area contributed by atoms with Gasteiger partial charge in [-0.3, -0.25) is 14.9 Å². The zero-order valence-electron chi connectivity index (χ0n) is 17.3. The van der Waals surface area contributed by atoms with E-state index in [-0.39, 0.29) is 18.1 Å². The molecule has 0 fully saturated rings. The van der Waals surface area contributed by atoms with Crippen LogP contribution in [0.2, 0.25) is 0 Å². The van der Waals surface area contributed by atoms with Gasteiger partial charge >= 0.3 is 0 Å². The maximum absolute atomic E-state index is 12.6. The van der Waals surface area contributed by atoms with E-state index in [2.05, 4.69) is 20.7 Å². The van der Waals surface area contributed by atoms with Crippen molar-refractivity contribution in [3.8, 4) is 0 Å². The van der Waals surface area contributed by atoms with Crippen LogP contribution in [-0.4, -0.2) is 56.0 Å². The number of hydrogen-bond acceptors (Lipinski definition) is 7. The summed E-state index contributed by atoms with van der Waals surface area (Å²) in [7, 11) is 0. The summed E-state index contributed by atoms with van der Waals surface area (Å²) in [6.45, 7) is 7.18. The minimum absolute atomic E-state index is 0.102. The maximum atomic E-state index is 12.6. The Morgan fingerprint density at radius 2 is 1.87 bits per heavy atom. The average Bonchev–Trinajstić information content (AvgIpc) is 3.24. The van der Waals surface area contributed by atoms with Crippen molar-refractivity contribution in [3.63, 3.8) is 0 Å². The number of thiazole rings is 1. The summed E-state index contributed by atoms with van der Waals surface area (Å²) in [5.41, 5.74) is 1.75. The van der Waals surface area contributed by atoms with Gasteiger partial charge in [-0.1, -0.05) is 29.0 Å². The van der Waals surface area contributed by atoms with Crippen molar-refractivity contribution in [2.75, 3.05) is 18.5 Å². The molecular weight excluding hydrogens is 406 g/mol. The van der Waals surface area contributed by atoms with E-state index in [4.69, 9.17) is 5.11 Å². The van der Waals surface area contributed by atoms with Crippen molar-refractivity contribution in [1.29, 1.82) is 0 Å². The first-order valence-corrected chi connectivity index (χ1v) is 10.3. The molecule has 30 heavy (non-hydrogen) atoms. The highest BCUT2D eigenvalue weighted by atomic mass is 32.1. The molecular formula is C20H25N5O4S. The molecule has 0 saturated heterocycles. The Labute approximate surface area is 177 Å². The normalized spacial score (nSPS) is 12.7. The average molecular weight is 432 g/mol. The van der Waals surface area contributed by atoms with E-state index in [0.717, 1.165) is 16.9 Å². The van der Waals surface area contributed by atoms with Crippen molar-refractivity contribution in [1.82, 2.24) is 20.1 Å². The van der Waals surface area contributed by atoms with Gasteiger partial charge < -0.3 is 15.5 Å². The number of benzene rings is 1. The van der Waals surface area contributed by atoms with Crippen molar-refractivity contribution in [2.45, 2.75) is 39.3 Å². The van der Waals surface area contributed by atoms with E-state index in [1.54, 1.807) is 16.8 Å². The Bertz CT molecular complexity index is 1070. The van der Waals surface area contributed by atoms with Crippen LogP contribution < -0.4 is 10.6 Å². The second-order valence-corrected chi connectivity index (χ2v) is 8.97. The zero-order chi connectivity index (χ0) is 22.1. The van der Waals surface area contributed by atoms with Crippen LogP contribution in [0.3, 0.4) is 0 Å². The highest BCUT2D eigenvalue weighted by Gasteiger charge is 2.27. The minimum Gasteiger partial charge on any atom is -0.394 e. The number of nitrogens with zero attached hydrogens (tertiary/aromatic N) is 3. The van der Waals surface area contributed by atoms with E-state index in [0.29, 0.717) is 21.0 Å². The number of carbonyl (C=O) groups is 2. The fraction of sp³-hybridized carbons (Fsp3) is 0.400. The molecule has 0 aliphatic rings. The number of aliphatic hydroxyl groups is 2. The van der Waals surface area contributed by atoms with E-state index in [1.807, 2.05) is 39.8 Å². The molecule has 1 atom stereocenters. The number of anilines is 1. The van der Waals surface area contributed by atoms with Crippen LogP contribution in [0.15, 0.2) is 24.3 Å². The minimum atomic E-state index is -1.06. The number of amides is 2. The Kier molecular flexibility index (Phi) is 6.20. The number of aromatic nitrogens is 3. The molecule has 3 aromatic rings. The number of aliphatic hydroxyl groups excluding tert-OH is 2. The van der Waals surface area contributed by atoms with Crippen LogP contribution in [-0.2, 0) is 5.54 Å². The highest BCUT2D eigenvalue weighted by Crippen LogP contribution is 2.32. The maximum Gasteiger partial charge on any atom is 0.273 e. The largest absolute Gasteiger partial charge is 0.394 e. The van der Waals surface area contributed by atoms with Gasteiger partial charge in [-0.05, 0) is 39.8 Å². The number of fused-ring (bicyclic) bond motifs is 1. The Morgan fingerprint density at radius 1 is 1.20 bits per heavy atom. The van der Waals surface area contributed by atoms with Gasteiger partial charge in [0.2, 0.25) is 0 Å². The van der Waals surface area contributed by atoms with Crippen molar-refractivity contribution < 1.29 is 19.8 Å². The third-order valence-electron chi connectivity index (χ3n) is 4.32. The summed E-state index contributed by atoms with van der Waals surface area (Å²) < 4.78 is 2.16. The number of rotatable bonds is 6. The van der Waals surface area contributed by atoms with Gasteiger partial charge in [0, 0.05) is 12.1 Å². The summed E-state index contributed by atoms with van der Waals surface area (Å²) >= 11 is 1.16. The fourth-order valence-electron chi connectivity index (χ4n) is 2.71. The fourth-order valence-corrected chi connectivity index (χ4v) is 3.63. The summed E-state index contributed by atoms with van der Waals surface area (Å²) in [5, 5.41) is 28.5. The summed E-state index contributed by atoms with van der Waals surface area (Å²) in [6, 6.07) is 7.18. The lowest BCUT2D eigenvalue weighted by molar-refractivity contribution is 0.0799. The van der Waals surface area contributed by atoms with E-state index in [1.165, 1.54) is 0 Å². The van der Waals surface area contributed by atoms with Gasteiger partial charge in [0.15, 0.2) is 16.5 Å². The predicted molar refractivity (Wildman–Crippen MR) is 115 cm³/mol. The third-order valence-corrected chi connectivity index (χ3v) is 5.29. The summed E-state index contributed by atoms with van der Waals surface area (Å²) in [6.07, 6.45) is -1.06. The zero-order valence-corrected chi connectivity index (χ0v) is 18.1. The van der Waals surface area contributed by atoms with Gasteiger partial charge in [0.05, 0.1) is 18.2 Å². The first-order valence-electron chi connectivity index (χ1n) is 9.45. The molecule has 0 spiro atoms. The van der Waals surface area contributed by atoms with E-state index < -0.39 is 24.2 Å². The summed E-state index contributed by atoms with van der Waals surface area (Å²) in [4.78, 5) is 29.6. The molecule has 2 heterocycles. The van der Waals surface area contributed by atoms with Crippen LogP contribution in [0.5, 0.6) is 0 Å². The molecule has 0 aliphatic carbocycles. The van der Waals surface area contributed by atoms with Crippen molar-refractivity contribution in [3.05, 3.63) is 41.1 Å². The second kappa shape index (κ2) is 8.50. The second-order valence-electron chi connectivity index (χ2n) is 7.97. The molecule has 0 radical (unpaired) electrons. The Balaban J connectivity index is 1.92. The summed E-state index contributed by atoms with van der Waals surface area (Å²) in [5.74, 6) is -0.783. The molecule has 160 valence electrons. The van der Waals surface area contributed by atoms with Crippen LogP contribution in [0.1, 0.15) is 47.2 Å². The molecule has 2 aromatic heterocycles. The monoisotopic (exact) mass is 431 g/mol. The van der Waals surface area contributed by atoms with Crippen LogP contribution in [0.4, 0.5) is 5.13 Å². The molecule has 0 unspecified atom stereocenters. The molecule has 3 rings (SSSR count). The Hall–Kier alpha value is -2.82. The SMILES string of the molecule is Cc1ccc(C(=O)Nc2nc3c(s2)c(C(=O)NC[C@H](O)CO)nn3C(C)(C)C)cc1. The van der Waals surface area contributed by atoms with Crippen molar-refractivity contribution >= 4 is 38.6 Å². The predicted octanol–water partition coefficient (Wildman–Crippen LogP) is 1.89. The van der Waals surface area contributed by atoms with Gasteiger partial charge in [-0.25, -0.2) is 4.68 Å². The molecule has 4 N–H and O–H groups in total. The highest BCUT2D eigenvalue weighted by molar-refractivity contribution is 7.22. The lowest BCUT2D eigenvalue weighted by Crippen LogP contribution is -2.34. The number of nitrogens with one attached hydrogen (secondary N) is 2. The van der Waals surface area contributed by atoms with Crippen LogP contribution in [0, 0.1) is 6.92 Å². The molecule has 9 nitrogen and oxygen atoms in total. The lowest BCUT2D eigenvalue weighted by Gasteiger charge is -2.19. The van der Waals surface area contributed by atoms with Gasteiger partial charge in [0.25, 0.3) is 11.8 Å². The van der Waals surface area contributed by atoms with Crippen molar-refractivity contribution in [2.24, 2.45) is 0 Å². The van der Waals surface area contributed by atoms with E-state index >= 15 is 0 Å². The van der Waals surface area contributed by atoms with E-state index in [9.17, 15) is 14.7 Å². The molecule has 2 amide bonds. The van der Waals surface area contributed by atoms with Gasteiger partial charge in [-0.15, -0.1) is 0 Å².